The normalized spacial score (nSPS) is 56.7. The molecule has 0 heterocycles. The third-order valence-corrected chi connectivity index (χ3v) is 2.91. The molecule has 0 aliphatic heterocycles. The molecule has 2 heteroatoms. The van der Waals surface area contributed by atoms with Gasteiger partial charge < -0.3 is 11.5 Å². The summed E-state index contributed by atoms with van der Waals surface area (Å²) in [7, 11) is 0. The first-order valence-electron chi connectivity index (χ1n) is 3.78. The van der Waals surface area contributed by atoms with E-state index < -0.39 is 0 Å². The van der Waals surface area contributed by atoms with Gasteiger partial charge in [0.15, 0.2) is 0 Å². The number of nitrogens with two attached hydrogens (primary N) is 2. The minimum atomic E-state index is 0.466. The molecule has 2 aliphatic carbocycles. The first-order valence-corrected chi connectivity index (χ1v) is 3.78. The molecule has 0 aromatic rings. The Hall–Kier alpha value is -0.0800. The molecule has 2 rings (SSSR count). The molecular formula is C7H14N2. The predicted octanol–water partition coefficient (Wildman–Crippen LogP) is 0.0709. The van der Waals surface area contributed by atoms with E-state index in [1.807, 2.05) is 0 Å². The van der Waals surface area contributed by atoms with Gasteiger partial charge in [-0.05, 0) is 31.1 Å². The Bertz CT molecular complexity index is 124. The van der Waals surface area contributed by atoms with Crippen LogP contribution in [0.2, 0.25) is 0 Å². The van der Waals surface area contributed by atoms with Crippen LogP contribution < -0.4 is 11.5 Å². The minimum absolute atomic E-state index is 0.466. The second-order valence-electron chi connectivity index (χ2n) is 3.55. The van der Waals surface area contributed by atoms with Gasteiger partial charge in [0.05, 0.1) is 0 Å². The van der Waals surface area contributed by atoms with E-state index in [0.29, 0.717) is 12.1 Å². The van der Waals surface area contributed by atoms with Crippen LogP contribution in [-0.2, 0) is 0 Å². The lowest BCUT2D eigenvalue weighted by atomic mass is 9.72. The standard InChI is InChI=1S/C7H14N2/c8-5-1-4-2-7(9)6(4)3-5/h4-7H,1-3,8-9H2/t4-,5+,6-,7+/m0/s1. The lowest BCUT2D eigenvalue weighted by Crippen LogP contribution is -2.44. The fourth-order valence-corrected chi connectivity index (χ4v) is 2.33. The summed E-state index contributed by atoms with van der Waals surface area (Å²) in [4.78, 5) is 0. The monoisotopic (exact) mass is 126 g/mol. The summed E-state index contributed by atoms with van der Waals surface area (Å²) in [6, 6.07) is 0.956. The largest absolute Gasteiger partial charge is 0.328 e. The molecule has 0 bridgehead atoms. The van der Waals surface area contributed by atoms with Crippen molar-refractivity contribution < 1.29 is 0 Å². The number of rotatable bonds is 0. The van der Waals surface area contributed by atoms with E-state index in [4.69, 9.17) is 11.5 Å². The Morgan fingerprint density at radius 2 is 1.78 bits per heavy atom. The molecule has 0 amide bonds. The Kier molecular flexibility index (Phi) is 1.08. The van der Waals surface area contributed by atoms with E-state index in [9.17, 15) is 0 Å². The molecule has 2 saturated carbocycles. The van der Waals surface area contributed by atoms with E-state index >= 15 is 0 Å². The van der Waals surface area contributed by atoms with E-state index in [1.165, 1.54) is 19.3 Å². The first kappa shape index (κ1) is 5.69. The van der Waals surface area contributed by atoms with Crippen molar-refractivity contribution >= 4 is 0 Å². The van der Waals surface area contributed by atoms with Gasteiger partial charge in [0, 0.05) is 12.1 Å². The zero-order valence-electron chi connectivity index (χ0n) is 5.59. The van der Waals surface area contributed by atoms with Crippen molar-refractivity contribution in [2.24, 2.45) is 23.3 Å². The average molecular weight is 126 g/mol. The number of hydrogen-bond acceptors (Lipinski definition) is 2. The van der Waals surface area contributed by atoms with Gasteiger partial charge in [-0.15, -0.1) is 0 Å². The van der Waals surface area contributed by atoms with Crippen LogP contribution in [0.4, 0.5) is 0 Å². The molecule has 2 aliphatic rings. The maximum Gasteiger partial charge on any atom is 0.00731 e. The lowest BCUT2D eigenvalue weighted by Gasteiger charge is -2.37. The van der Waals surface area contributed by atoms with Gasteiger partial charge in [0.2, 0.25) is 0 Å². The maximum atomic E-state index is 5.77. The highest BCUT2D eigenvalue weighted by Crippen LogP contribution is 2.45. The third kappa shape index (κ3) is 0.700. The van der Waals surface area contributed by atoms with E-state index in [0.717, 1.165) is 11.8 Å². The fourth-order valence-electron chi connectivity index (χ4n) is 2.33. The molecule has 9 heavy (non-hydrogen) atoms. The molecule has 0 spiro atoms. The molecule has 0 radical (unpaired) electrons. The van der Waals surface area contributed by atoms with Gasteiger partial charge in [-0.1, -0.05) is 0 Å². The van der Waals surface area contributed by atoms with Gasteiger partial charge in [-0.2, -0.15) is 0 Å². The Morgan fingerprint density at radius 3 is 2.22 bits per heavy atom. The fraction of sp³-hybridized carbons (Fsp3) is 1.00. The number of hydrogen-bond donors (Lipinski definition) is 2. The molecule has 4 N–H and O–H groups in total. The van der Waals surface area contributed by atoms with Crippen LogP contribution in [0, 0.1) is 11.8 Å². The molecule has 0 aromatic heterocycles. The molecule has 0 unspecified atom stereocenters. The van der Waals surface area contributed by atoms with Crippen molar-refractivity contribution in [3.05, 3.63) is 0 Å². The summed E-state index contributed by atoms with van der Waals surface area (Å²) in [6.45, 7) is 0. The van der Waals surface area contributed by atoms with Crippen molar-refractivity contribution in [3.63, 3.8) is 0 Å². The van der Waals surface area contributed by atoms with Crippen molar-refractivity contribution in [2.75, 3.05) is 0 Å². The Labute approximate surface area is 55.6 Å². The van der Waals surface area contributed by atoms with Crippen LogP contribution in [0.25, 0.3) is 0 Å². The molecule has 2 nitrogen and oxygen atoms in total. The van der Waals surface area contributed by atoms with Crippen LogP contribution in [0.5, 0.6) is 0 Å². The summed E-state index contributed by atoms with van der Waals surface area (Å²) in [5.74, 6) is 1.69. The lowest BCUT2D eigenvalue weighted by molar-refractivity contribution is 0.173. The predicted molar refractivity (Wildman–Crippen MR) is 36.8 cm³/mol. The quantitative estimate of drug-likeness (QED) is 0.482. The van der Waals surface area contributed by atoms with Crippen molar-refractivity contribution in [3.8, 4) is 0 Å². The highest BCUT2D eigenvalue weighted by molar-refractivity contribution is 5.00. The Balaban J connectivity index is 2.00. The van der Waals surface area contributed by atoms with E-state index in [2.05, 4.69) is 0 Å². The summed E-state index contributed by atoms with van der Waals surface area (Å²) >= 11 is 0. The van der Waals surface area contributed by atoms with Gasteiger partial charge in [-0.3, -0.25) is 0 Å². The van der Waals surface area contributed by atoms with Gasteiger partial charge >= 0.3 is 0 Å². The van der Waals surface area contributed by atoms with Crippen LogP contribution in [0.15, 0.2) is 0 Å². The molecule has 0 saturated heterocycles. The zero-order valence-corrected chi connectivity index (χ0v) is 5.59. The van der Waals surface area contributed by atoms with Crippen LogP contribution in [0.3, 0.4) is 0 Å². The van der Waals surface area contributed by atoms with Gasteiger partial charge in [-0.25, -0.2) is 0 Å². The third-order valence-electron chi connectivity index (χ3n) is 2.91. The molecule has 4 atom stereocenters. The SMILES string of the molecule is N[C@@H]1C[C@H]2C[C@@H](N)[C@H]2C1. The first-order chi connectivity index (χ1) is 4.27. The maximum absolute atomic E-state index is 5.77. The highest BCUT2D eigenvalue weighted by atomic mass is 14.8. The Morgan fingerprint density at radius 1 is 1.00 bits per heavy atom. The summed E-state index contributed by atoms with van der Waals surface area (Å²) < 4.78 is 0. The smallest absolute Gasteiger partial charge is 0.00731 e. The number of fused-ring (bicyclic) bond motifs is 1. The topological polar surface area (TPSA) is 52.0 Å². The summed E-state index contributed by atoms with van der Waals surface area (Å²) in [5.41, 5.74) is 11.5. The van der Waals surface area contributed by atoms with Crippen LogP contribution in [-0.4, -0.2) is 12.1 Å². The van der Waals surface area contributed by atoms with Crippen LogP contribution in [0.1, 0.15) is 19.3 Å². The minimum Gasteiger partial charge on any atom is -0.328 e. The van der Waals surface area contributed by atoms with Crippen LogP contribution >= 0.6 is 0 Å². The molecular weight excluding hydrogens is 112 g/mol. The van der Waals surface area contributed by atoms with Crippen molar-refractivity contribution in [1.82, 2.24) is 0 Å². The van der Waals surface area contributed by atoms with Crippen molar-refractivity contribution in [2.45, 2.75) is 31.3 Å². The molecule has 52 valence electrons. The second-order valence-corrected chi connectivity index (χ2v) is 3.55. The van der Waals surface area contributed by atoms with E-state index in [-0.39, 0.29) is 0 Å². The van der Waals surface area contributed by atoms with E-state index in [1.54, 1.807) is 0 Å². The van der Waals surface area contributed by atoms with Gasteiger partial charge in [0.1, 0.15) is 0 Å². The summed E-state index contributed by atoms with van der Waals surface area (Å²) in [6.07, 6.45) is 3.66. The summed E-state index contributed by atoms with van der Waals surface area (Å²) in [5, 5.41) is 0. The van der Waals surface area contributed by atoms with Crippen molar-refractivity contribution in [1.29, 1.82) is 0 Å². The molecule has 0 aromatic carbocycles. The molecule has 2 fully saturated rings. The second kappa shape index (κ2) is 1.70. The zero-order chi connectivity index (χ0) is 6.43. The average Bonchev–Trinajstić information content (AvgIpc) is 2.08. The van der Waals surface area contributed by atoms with Gasteiger partial charge in [0.25, 0.3) is 0 Å². The highest BCUT2D eigenvalue weighted by Gasteiger charge is 2.44.